The van der Waals surface area contributed by atoms with E-state index in [0.29, 0.717) is 0 Å². The zero-order chi connectivity index (χ0) is 15.3. The molecule has 1 heterocycles. The number of alkyl halides is 3. The molecule has 0 aliphatic rings. The first-order valence-electron chi connectivity index (χ1n) is 6.74. The molecule has 0 saturated carbocycles. The van der Waals surface area contributed by atoms with Crippen LogP contribution in [0.15, 0.2) is 18.3 Å². The van der Waals surface area contributed by atoms with E-state index in [1.807, 2.05) is 13.8 Å². The van der Waals surface area contributed by atoms with Gasteiger partial charge < -0.3 is 0 Å². The van der Waals surface area contributed by atoms with E-state index in [0.717, 1.165) is 37.8 Å². The minimum Gasteiger partial charge on any atom is -0.290 e. The van der Waals surface area contributed by atoms with Crippen molar-refractivity contribution in [2.45, 2.75) is 45.7 Å². The Morgan fingerprint density at radius 3 is 2.20 bits per heavy atom. The summed E-state index contributed by atoms with van der Waals surface area (Å²) in [5.41, 5.74) is -1.16. The van der Waals surface area contributed by atoms with Gasteiger partial charge in [-0.05, 0) is 25.0 Å². The Hall–Kier alpha value is -1.59. The van der Waals surface area contributed by atoms with Gasteiger partial charge in [0.2, 0.25) is 0 Å². The van der Waals surface area contributed by atoms with Crippen molar-refractivity contribution < 1.29 is 13.2 Å². The number of hydrogen-bond donors (Lipinski definition) is 2. The summed E-state index contributed by atoms with van der Waals surface area (Å²) in [6.45, 7) is 4.02. The fraction of sp³-hybridized carbons (Fsp3) is 0.571. The lowest BCUT2D eigenvalue weighted by Gasteiger charge is -2.19. The van der Waals surface area contributed by atoms with Crippen molar-refractivity contribution in [2.24, 2.45) is 5.92 Å². The maximum atomic E-state index is 12.6. The third kappa shape index (κ3) is 3.95. The van der Waals surface area contributed by atoms with Crippen molar-refractivity contribution in [2.75, 3.05) is 0 Å². The lowest BCUT2D eigenvalue weighted by Crippen LogP contribution is -2.32. The highest BCUT2D eigenvalue weighted by molar-refractivity contribution is 5.83. The molecule has 0 aromatic carbocycles. The SMILES string of the molecule is CCCC(CCC)C(=N)n1ccc(C(F)(F)F)cc1=N. The average molecular weight is 287 g/mol. The van der Waals surface area contributed by atoms with Crippen LogP contribution in [0.2, 0.25) is 0 Å². The number of hydrogen-bond acceptors (Lipinski definition) is 2. The molecule has 0 fully saturated rings. The quantitative estimate of drug-likeness (QED) is 0.607. The summed E-state index contributed by atoms with van der Waals surface area (Å²) >= 11 is 0. The van der Waals surface area contributed by atoms with Gasteiger partial charge in [0, 0.05) is 12.1 Å². The van der Waals surface area contributed by atoms with Gasteiger partial charge in [-0.2, -0.15) is 13.2 Å². The molecular formula is C14H20F3N3. The summed E-state index contributed by atoms with van der Waals surface area (Å²) in [4.78, 5) is 0. The molecule has 0 atom stereocenters. The summed E-state index contributed by atoms with van der Waals surface area (Å²) in [6.07, 6.45) is 0.137. The van der Waals surface area contributed by atoms with Crippen LogP contribution in [0.3, 0.4) is 0 Å². The van der Waals surface area contributed by atoms with E-state index < -0.39 is 11.7 Å². The molecule has 0 spiro atoms. The van der Waals surface area contributed by atoms with E-state index >= 15 is 0 Å². The van der Waals surface area contributed by atoms with Crippen molar-refractivity contribution in [3.05, 3.63) is 29.4 Å². The molecule has 112 valence electrons. The van der Waals surface area contributed by atoms with Gasteiger partial charge in [-0.15, -0.1) is 0 Å². The topological polar surface area (TPSA) is 52.6 Å². The van der Waals surface area contributed by atoms with E-state index in [2.05, 4.69) is 0 Å². The van der Waals surface area contributed by atoms with Crippen LogP contribution >= 0.6 is 0 Å². The minimum absolute atomic E-state index is 0.0177. The Labute approximate surface area is 116 Å². The summed E-state index contributed by atoms with van der Waals surface area (Å²) in [5, 5.41) is 15.8. The summed E-state index contributed by atoms with van der Waals surface area (Å²) in [7, 11) is 0. The normalized spacial score (nSPS) is 11.9. The summed E-state index contributed by atoms with van der Waals surface area (Å²) < 4.78 is 38.9. The highest BCUT2D eigenvalue weighted by atomic mass is 19.4. The number of rotatable bonds is 5. The zero-order valence-corrected chi connectivity index (χ0v) is 11.7. The third-order valence-corrected chi connectivity index (χ3v) is 3.20. The van der Waals surface area contributed by atoms with E-state index in [1.165, 1.54) is 10.8 Å². The Morgan fingerprint density at radius 2 is 1.80 bits per heavy atom. The molecule has 1 aromatic heterocycles. The van der Waals surface area contributed by atoms with Crippen LogP contribution in [-0.2, 0) is 6.18 Å². The van der Waals surface area contributed by atoms with Gasteiger partial charge in [0.05, 0.1) is 5.56 Å². The molecule has 2 N–H and O–H groups in total. The van der Waals surface area contributed by atoms with Crippen LogP contribution in [0.1, 0.15) is 45.1 Å². The zero-order valence-electron chi connectivity index (χ0n) is 11.7. The molecule has 1 rings (SSSR count). The van der Waals surface area contributed by atoms with Crippen LogP contribution in [0.4, 0.5) is 13.2 Å². The van der Waals surface area contributed by atoms with Gasteiger partial charge in [0.25, 0.3) is 0 Å². The van der Waals surface area contributed by atoms with Crippen LogP contribution in [0.25, 0.3) is 0 Å². The molecule has 1 aromatic rings. The van der Waals surface area contributed by atoms with Crippen molar-refractivity contribution in [3.63, 3.8) is 0 Å². The van der Waals surface area contributed by atoms with Crippen LogP contribution in [0, 0.1) is 16.7 Å². The fourth-order valence-corrected chi connectivity index (χ4v) is 2.20. The summed E-state index contributed by atoms with van der Waals surface area (Å²) in [6, 6.07) is 1.69. The van der Waals surface area contributed by atoms with Gasteiger partial charge in [-0.3, -0.25) is 15.4 Å². The van der Waals surface area contributed by atoms with E-state index in [9.17, 15) is 13.2 Å². The number of halogens is 3. The molecule has 0 bridgehead atoms. The largest absolute Gasteiger partial charge is 0.416 e. The van der Waals surface area contributed by atoms with Gasteiger partial charge in [-0.25, -0.2) is 0 Å². The average Bonchev–Trinajstić information content (AvgIpc) is 2.36. The smallest absolute Gasteiger partial charge is 0.290 e. The molecule has 0 unspecified atom stereocenters. The lowest BCUT2D eigenvalue weighted by molar-refractivity contribution is -0.137. The van der Waals surface area contributed by atoms with Gasteiger partial charge in [0.1, 0.15) is 11.3 Å². The number of pyridine rings is 1. The van der Waals surface area contributed by atoms with Crippen LogP contribution < -0.4 is 5.49 Å². The highest BCUT2D eigenvalue weighted by Gasteiger charge is 2.30. The Kier molecular flexibility index (Phi) is 5.53. The molecule has 20 heavy (non-hydrogen) atoms. The van der Waals surface area contributed by atoms with Crippen LogP contribution in [-0.4, -0.2) is 10.4 Å². The minimum atomic E-state index is -4.46. The maximum absolute atomic E-state index is 12.6. The molecule has 0 aliphatic carbocycles. The van der Waals surface area contributed by atoms with Gasteiger partial charge in [0.15, 0.2) is 0 Å². The first-order valence-corrected chi connectivity index (χ1v) is 6.74. The third-order valence-electron chi connectivity index (χ3n) is 3.20. The molecule has 0 amide bonds. The molecule has 3 nitrogen and oxygen atoms in total. The van der Waals surface area contributed by atoms with Gasteiger partial charge in [-0.1, -0.05) is 26.7 Å². The van der Waals surface area contributed by atoms with E-state index in [1.54, 1.807) is 0 Å². The first-order chi connectivity index (χ1) is 9.31. The molecule has 0 aliphatic heterocycles. The molecule has 0 radical (unpaired) electrons. The number of nitrogens with one attached hydrogen (secondary N) is 2. The Morgan fingerprint density at radius 1 is 1.25 bits per heavy atom. The maximum Gasteiger partial charge on any atom is 0.416 e. The monoisotopic (exact) mass is 287 g/mol. The van der Waals surface area contributed by atoms with Crippen molar-refractivity contribution in [1.82, 2.24) is 4.57 Å². The first kappa shape index (κ1) is 16.5. The lowest BCUT2D eigenvalue weighted by atomic mass is 9.96. The predicted molar refractivity (Wildman–Crippen MR) is 71.7 cm³/mol. The fourth-order valence-electron chi connectivity index (χ4n) is 2.20. The molecule has 6 heteroatoms. The van der Waals surface area contributed by atoms with Crippen LogP contribution in [0.5, 0.6) is 0 Å². The second-order valence-corrected chi connectivity index (χ2v) is 4.83. The van der Waals surface area contributed by atoms with Crippen molar-refractivity contribution in [3.8, 4) is 0 Å². The molecule has 0 saturated heterocycles. The highest BCUT2D eigenvalue weighted by Crippen LogP contribution is 2.27. The predicted octanol–water partition coefficient (Wildman–Crippen LogP) is 4.03. The second-order valence-electron chi connectivity index (χ2n) is 4.83. The van der Waals surface area contributed by atoms with Crippen molar-refractivity contribution >= 4 is 5.84 Å². The van der Waals surface area contributed by atoms with E-state index in [4.69, 9.17) is 10.8 Å². The number of nitrogens with zero attached hydrogens (tertiary/aromatic N) is 1. The van der Waals surface area contributed by atoms with E-state index in [-0.39, 0.29) is 17.2 Å². The summed E-state index contributed by atoms with van der Waals surface area (Å²) in [5.74, 6) is 0.184. The van der Waals surface area contributed by atoms with Gasteiger partial charge >= 0.3 is 6.18 Å². The Bertz CT molecular complexity index is 511. The number of aromatic nitrogens is 1. The molecular weight excluding hydrogens is 267 g/mol. The van der Waals surface area contributed by atoms with Crippen molar-refractivity contribution in [1.29, 1.82) is 10.8 Å². The Balaban J connectivity index is 3.07. The second kappa shape index (κ2) is 6.72. The standard InChI is InChI=1S/C14H20F3N3/c1-3-5-10(6-4-2)13(19)20-8-7-11(9-12(20)18)14(15,16)17/h7-10,18-19H,3-6H2,1-2H3.